The van der Waals surface area contributed by atoms with Gasteiger partial charge in [0.1, 0.15) is 4.88 Å². The number of aryl methyl sites for hydroxylation is 1. The van der Waals surface area contributed by atoms with Crippen molar-refractivity contribution in [2.75, 3.05) is 13.1 Å². The van der Waals surface area contributed by atoms with E-state index in [9.17, 15) is 4.79 Å². The van der Waals surface area contributed by atoms with E-state index < -0.39 is 0 Å². The van der Waals surface area contributed by atoms with Crippen LogP contribution in [0, 0.1) is 0 Å². The summed E-state index contributed by atoms with van der Waals surface area (Å²) in [6.07, 6.45) is 4.89. The molecule has 0 aliphatic carbocycles. The number of likely N-dealkylation sites (tertiary alicyclic amines) is 1. The minimum Gasteiger partial charge on any atom is -0.459 e. The smallest absolute Gasteiger partial charge is 0.283 e. The molecule has 0 unspecified atom stereocenters. The first-order chi connectivity index (χ1) is 12.8. The highest BCUT2D eigenvalue weighted by Crippen LogP contribution is 2.30. The van der Waals surface area contributed by atoms with Crippen LogP contribution in [0.15, 0.2) is 27.2 Å². The van der Waals surface area contributed by atoms with Gasteiger partial charge in [-0.05, 0) is 42.9 Å². The summed E-state index contributed by atoms with van der Waals surface area (Å²) in [5.74, 6) is 1.75. The lowest BCUT2D eigenvalue weighted by Gasteiger charge is -2.30. The lowest BCUT2D eigenvalue weighted by atomic mass is 9.96. The van der Waals surface area contributed by atoms with Crippen LogP contribution in [-0.4, -0.2) is 43.7 Å². The summed E-state index contributed by atoms with van der Waals surface area (Å²) in [5.41, 5.74) is 0.810. The van der Waals surface area contributed by atoms with E-state index in [0.29, 0.717) is 35.5 Å². The molecule has 1 amide bonds. The predicted octanol–water partition coefficient (Wildman–Crippen LogP) is 3.15. The van der Waals surface area contributed by atoms with Gasteiger partial charge in [0, 0.05) is 19.0 Å². The van der Waals surface area contributed by atoms with Gasteiger partial charge in [-0.2, -0.15) is 0 Å². The summed E-state index contributed by atoms with van der Waals surface area (Å²) in [7, 11) is 0. The van der Waals surface area contributed by atoms with Crippen LogP contribution in [0.1, 0.15) is 53.4 Å². The molecule has 1 fully saturated rings. The van der Waals surface area contributed by atoms with Crippen molar-refractivity contribution in [3.05, 3.63) is 34.9 Å². The minimum atomic E-state index is 0.0312. The van der Waals surface area contributed by atoms with Gasteiger partial charge in [-0.1, -0.05) is 17.8 Å². The predicted molar refractivity (Wildman–Crippen MR) is 93.8 cm³/mol. The molecule has 26 heavy (non-hydrogen) atoms. The number of furan rings is 1. The number of amides is 1. The molecule has 4 rings (SSSR count). The largest absolute Gasteiger partial charge is 0.459 e. The molecule has 1 saturated heterocycles. The summed E-state index contributed by atoms with van der Waals surface area (Å²) in [4.78, 5) is 15.3. The summed E-state index contributed by atoms with van der Waals surface area (Å²) in [6, 6.07) is 3.57. The fourth-order valence-electron chi connectivity index (χ4n) is 3.14. The second kappa shape index (κ2) is 7.36. The van der Waals surface area contributed by atoms with Gasteiger partial charge in [0.2, 0.25) is 5.89 Å². The highest BCUT2D eigenvalue weighted by atomic mass is 32.1. The van der Waals surface area contributed by atoms with Crippen molar-refractivity contribution < 1.29 is 13.6 Å². The summed E-state index contributed by atoms with van der Waals surface area (Å²) in [6.45, 7) is 3.39. The Labute approximate surface area is 154 Å². The van der Waals surface area contributed by atoms with E-state index in [2.05, 4.69) is 26.7 Å². The molecule has 136 valence electrons. The van der Waals surface area contributed by atoms with Crippen molar-refractivity contribution in [3.63, 3.8) is 0 Å². The Bertz CT molecular complexity index is 865. The molecule has 0 aromatic carbocycles. The zero-order chi connectivity index (χ0) is 17.9. The Morgan fingerprint density at radius 3 is 2.88 bits per heavy atom. The quantitative estimate of drug-likeness (QED) is 0.677. The minimum absolute atomic E-state index is 0.0312. The van der Waals surface area contributed by atoms with Crippen molar-refractivity contribution in [1.29, 1.82) is 0 Å². The van der Waals surface area contributed by atoms with Crippen LogP contribution in [0.2, 0.25) is 0 Å². The fraction of sp³-hybridized carbons (Fsp3) is 0.471. The van der Waals surface area contributed by atoms with Crippen LogP contribution >= 0.6 is 11.5 Å². The lowest BCUT2D eigenvalue weighted by Crippen LogP contribution is -2.38. The summed E-state index contributed by atoms with van der Waals surface area (Å²) in [5, 5.41) is 12.3. The molecular weight excluding hydrogens is 354 g/mol. The Morgan fingerprint density at radius 2 is 2.15 bits per heavy atom. The number of piperidine rings is 1. The van der Waals surface area contributed by atoms with Crippen LogP contribution in [0.3, 0.4) is 0 Å². The Morgan fingerprint density at radius 1 is 1.31 bits per heavy atom. The first kappa shape index (κ1) is 16.9. The van der Waals surface area contributed by atoms with Crippen molar-refractivity contribution >= 4 is 17.4 Å². The van der Waals surface area contributed by atoms with E-state index in [0.717, 1.165) is 31.4 Å². The number of hydrogen-bond donors (Lipinski definition) is 0. The standard InChI is InChI=1S/C17H19N5O3S/c1-2-4-12-14(26-21-18-12)17(23)22-8-6-11(7-9-22)15-19-20-16(25-15)13-5-3-10-24-13/h3,5,10-11H,2,4,6-9H2,1H3. The normalized spacial score (nSPS) is 15.5. The number of aromatic nitrogens is 4. The first-order valence-corrected chi connectivity index (χ1v) is 9.51. The van der Waals surface area contributed by atoms with E-state index in [1.165, 1.54) is 11.5 Å². The van der Waals surface area contributed by atoms with Crippen molar-refractivity contribution in [3.8, 4) is 11.7 Å². The van der Waals surface area contributed by atoms with Gasteiger partial charge in [-0.25, -0.2) is 0 Å². The lowest BCUT2D eigenvalue weighted by molar-refractivity contribution is 0.0710. The zero-order valence-corrected chi connectivity index (χ0v) is 15.2. The monoisotopic (exact) mass is 373 g/mol. The highest BCUT2D eigenvalue weighted by Gasteiger charge is 2.30. The molecule has 0 atom stereocenters. The molecule has 0 saturated carbocycles. The van der Waals surface area contributed by atoms with Crippen LogP contribution in [0.4, 0.5) is 0 Å². The van der Waals surface area contributed by atoms with Crippen molar-refractivity contribution in [2.24, 2.45) is 0 Å². The number of rotatable bonds is 5. The van der Waals surface area contributed by atoms with Crippen molar-refractivity contribution in [1.82, 2.24) is 24.7 Å². The van der Waals surface area contributed by atoms with E-state index in [-0.39, 0.29) is 11.8 Å². The Hall–Kier alpha value is -2.55. The number of nitrogens with zero attached hydrogens (tertiary/aromatic N) is 5. The van der Waals surface area contributed by atoms with Gasteiger partial charge in [-0.15, -0.1) is 15.3 Å². The van der Waals surface area contributed by atoms with Crippen LogP contribution in [0.25, 0.3) is 11.7 Å². The third-order valence-corrected chi connectivity index (χ3v) is 5.30. The molecule has 0 spiro atoms. The van der Waals surface area contributed by atoms with Crippen LogP contribution < -0.4 is 0 Å². The number of carbonyl (C=O) groups excluding carboxylic acids is 1. The Balaban J connectivity index is 1.39. The third-order valence-electron chi connectivity index (χ3n) is 4.54. The van der Waals surface area contributed by atoms with Gasteiger partial charge >= 0.3 is 0 Å². The van der Waals surface area contributed by atoms with Crippen LogP contribution in [-0.2, 0) is 6.42 Å². The second-order valence-electron chi connectivity index (χ2n) is 6.29. The highest BCUT2D eigenvalue weighted by molar-refractivity contribution is 7.08. The summed E-state index contributed by atoms with van der Waals surface area (Å²) >= 11 is 1.19. The molecule has 8 nitrogen and oxygen atoms in total. The molecular formula is C17H19N5O3S. The molecule has 4 heterocycles. The molecule has 0 N–H and O–H groups in total. The molecule has 9 heteroatoms. The van der Waals surface area contributed by atoms with E-state index in [4.69, 9.17) is 8.83 Å². The molecule has 3 aromatic heterocycles. The van der Waals surface area contributed by atoms with Gasteiger partial charge in [0.15, 0.2) is 5.76 Å². The SMILES string of the molecule is CCCc1nnsc1C(=O)N1CCC(c2nnc(-c3ccco3)o2)CC1. The first-order valence-electron chi connectivity index (χ1n) is 8.74. The van der Waals surface area contributed by atoms with Gasteiger partial charge in [0.25, 0.3) is 11.8 Å². The maximum Gasteiger partial charge on any atom is 0.283 e. The molecule has 1 aliphatic heterocycles. The second-order valence-corrected chi connectivity index (χ2v) is 7.04. The average Bonchev–Trinajstić information content (AvgIpc) is 3.42. The fourth-order valence-corrected chi connectivity index (χ4v) is 3.82. The zero-order valence-electron chi connectivity index (χ0n) is 14.4. The molecule has 3 aromatic rings. The van der Waals surface area contributed by atoms with E-state index in [1.54, 1.807) is 18.4 Å². The third kappa shape index (κ3) is 3.26. The molecule has 0 radical (unpaired) electrons. The molecule has 1 aliphatic rings. The maximum absolute atomic E-state index is 12.8. The van der Waals surface area contributed by atoms with E-state index in [1.807, 2.05) is 4.90 Å². The topological polar surface area (TPSA) is 98.2 Å². The average molecular weight is 373 g/mol. The van der Waals surface area contributed by atoms with Crippen LogP contribution in [0.5, 0.6) is 0 Å². The molecule has 0 bridgehead atoms. The van der Waals surface area contributed by atoms with Gasteiger partial charge in [-0.3, -0.25) is 4.79 Å². The van der Waals surface area contributed by atoms with Gasteiger partial charge < -0.3 is 13.7 Å². The van der Waals surface area contributed by atoms with Gasteiger partial charge in [0.05, 0.1) is 12.0 Å². The maximum atomic E-state index is 12.8. The Kier molecular flexibility index (Phi) is 4.79. The number of hydrogen-bond acceptors (Lipinski definition) is 8. The van der Waals surface area contributed by atoms with E-state index >= 15 is 0 Å². The summed E-state index contributed by atoms with van der Waals surface area (Å²) < 4.78 is 15.0. The van der Waals surface area contributed by atoms with Crippen molar-refractivity contribution in [2.45, 2.75) is 38.5 Å². The number of carbonyl (C=O) groups is 1.